The van der Waals surface area contributed by atoms with E-state index in [-0.39, 0.29) is 32.9 Å². The molecule has 0 bridgehead atoms. The molecule has 3 aromatic carbocycles. The number of sulfonamides is 1. The third-order valence-electron chi connectivity index (χ3n) is 4.73. The van der Waals surface area contributed by atoms with Gasteiger partial charge in [0, 0.05) is 11.1 Å². The fourth-order valence-corrected chi connectivity index (χ4v) is 4.59. The topological polar surface area (TPSA) is 143 Å². The van der Waals surface area contributed by atoms with E-state index >= 15 is 0 Å². The van der Waals surface area contributed by atoms with Gasteiger partial charge in [0.25, 0.3) is 15.6 Å². The van der Waals surface area contributed by atoms with E-state index in [9.17, 15) is 23.1 Å². The van der Waals surface area contributed by atoms with Crippen LogP contribution in [0.15, 0.2) is 75.3 Å². The Morgan fingerprint density at radius 3 is 2.43 bits per heavy atom. The lowest BCUT2D eigenvalue weighted by Crippen LogP contribution is -2.30. The number of nitrogens with one attached hydrogen (secondary N) is 2. The Morgan fingerprint density at radius 2 is 1.77 bits per heavy atom. The SMILES string of the molecule is Cc1cc(-n2ncc(=O)[nH]c2=O)cc(Cl)c1Oc1ccc(O)c(NS(=O)(=O)c2ccc(Cl)cc2)c1. The molecule has 0 saturated heterocycles. The van der Waals surface area contributed by atoms with Gasteiger partial charge in [-0.05, 0) is 61.0 Å². The van der Waals surface area contributed by atoms with E-state index in [0.717, 1.165) is 10.9 Å². The van der Waals surface area contributed by atoms with Crippen LogP contribution < -0.4 is 20.7 Å². The highest BCUT2D eigenvalue weighted by atomic mass is 35.5. The first-order chi connectivity index (χ1) is 16.5. The molecule has 0 aliphatic heterocycles. The molecule has 0 aliphatic carbocycles. The normalized spacial score (nSPS) is 11.3. The highest BCUT2D eigenvalue weighted by Crippen LogP contribution is 2.37. The number of hydrogen-bond donors (Lipinski definition) is 3. The van der Waals surface area contributed by atoms with Gasteiger partial charge in [0.2, 0.25) is 0 Å². The molecule has 0 aliphatic rings. The summed E-state index contributed by atoms with van der Waals surface area (Å²) in [5, 5.41) is 14.5. The molecule has 1 heterocycles. The maximum absolute atomic E-state index is 12.7. The smallest absolute Gasteiger partial charge is 0.349 e. The Labute approximate surface area is 208 Å². The average Bonchev–Trinajstić information content (AvgIpc) is 2.78. The van der Waals surface area contributed by atoms with Gasteiger partial charge in [0.1, 0.15) is 23.4 Å². The van der Waals surface area contributed by atoms with E-state index in [1.165, 1.54) is 48.5 Å². The molecular formula is C22H16Cl2N4O6S. The van der Waals surface area contributed by atoms with Crippen LogP contribution in [-0.4, -0.2) is 28.3 Å². The number of hydrogen-bond acceptors (Lipinski definition) is 7. The molecular weight excluding hydrogens is 519 g/mol. The fraction of sp³-hybridized carbons (Fsp3) is 0.0455. The van der Waals surface area contributed by atoms with Crippen molar-refractivity contribution in [2.24, 2.45) is 0 Å². The zero-order chi connectivity index (χ0) is 25.3. The number of H-pyrrole nitrogens is 1. The molecule has 35 heavy (non-hydrogen) atoms. The van der Waals surface area contributed by atoms with Crippen molar-refractivity contribution in [3.8, 4) is 22.9 Å². The van der Waals surface area contributed by atoms with Crippen LogP contribution in [0, 0.1) is 6.92 Å². The number of anilines is 1. The van der Waals surface area contributed by atoms with Crippen LogP contribution in [0.2, 0.25) is 10.0 Å². The summed E-state index contributed by atoms with van der Waals surface area (Å²) in [5.41, 5.74) is -0.680. The van der Waals surface area contributed by atoms with Gasteiger partial charge in [-0.2, -0.15) is 9.78 Å². The van der Waals surface area contributed by atoms with E-state index in [1.54, 1.807) is 13.0 Å². The summed E-state index contributed by atoms with van der Waals surface area (Å²) >= 11 is 12.2. The predicted molar refractivity (Wildman–Crippen MR) is 131 cm³/mol. The number of rotatable bonds is 6. The van der Waals surface area contributed by atoms with Crippen LogP contribution in [0.4, 0.5) is 5.69 Å². The first kappa shape index (κ1) is 24.3. The second kappa shape index (κ2) is 9.45. The molecule has 0 saturated carbocycles. The number of aromatic nitrogens is 3. The fourth-order valence-electron chi connectivity index (χ4n) is 3.10. The number of nitrogens with zero attached hydrogens (tertiary/aromatic N) is 2. The number of ether oxygens (including phenoxy) is 1. The summed E-state index contributed by atoms with van der Waals surface area (Å²) in [4.78, 5) is 25.3. The van der Waals surface area contributed by atoms with Crippen LogP contribution in [0.3, 0.4) is 0 Å². The van der Waals surface area contributed by atoms with Crippen molar-refractivity contribution in [1.29, 1.82) is 0 Å². The van der Waals surface area contributed by atoms with Crippen LogP contribution in [0.1, 0.15) is 5.56 Å². The maximum Gasteiger partial charge on any atom is 0.349 e. The summed E-state index contributed by atoms with van der Waals surface area (Å²) in [6.07, 6.45) is 0.956. The van der Waals surface area contributed by atoms with Crippen LogP contribution in [0.25, 0.3) is 5.69 Å². The minimum Gasteiger partial charge on any atom is -0.506 e. The molecule has 4 rings (SSSR count). The lowest BCUT2D eigenvalue weighted by molar-refractivity contribution is 0.465. The number of halogens is 2. The van der Waals surface area contributed by atoms with Crippen molar-refractivity contribution < 1.29 is 18.3 Å². The summed E-state index contributed by atoms with van der Waals surface area (Å²) in [7, 11) is -4.02. The summed E-state index contributed by atoms with van der Waals surface area (Å²) in [5.74, 6) is 0.0790. The van der Waals surface area contributed by atoms with E-state index in [4.69, 9.17) is 27.9 Å². The summed E-state index contributed by atoms with van der Waals surface area (Å²) < 4.78 is 34.5. The maximum atomic E-state index is 12.7. The van der Waals surface area contributed by atoms with E-state index < -0.39 is 21.3 Å². The minimum atomic E-state index is -4.02. The van der Waals surface area contributed by atoms with Gasteiger partial charge >= 0.3 is 5.69 Å². The monoisotopic (exact) mass is 534 g/mol. The summed E-state index contributed by atoms with van der Waals surface area (Å²) in [6, 6.07) is 12.5. The molecule has 10 nitrogen and oxygen atoms in total. The molecule has 0 atom stereocenters. The van der Waals surface area contributed by atoms with Crippen molar-refractivity contribution in [3.05, 3.63) is 97.2 Å². The molecule has 0 unspecified atom stereocenters. The molecule has 4 aromatic rings. The first-order valence-corrected chi connectivity index (χ1v) is 12.1. The zero-order valence-corrected chi connectivity index (χ0v) is 20.1. The molecule has 180 valence electrons. The Balaban J connectivity index is 1.64. The van der Waals surface area contributed by atoms with E-state index in [1.807, 2.05) is 0 Å². The van der Waals surface area contributed by atoms with Gasteiger partial charge in [0.05, 0.1) is 21.3 Å². The van der Waals surface area contributed by atoms with Gasteiger partial charge in [-0.1, -0.05) is 23.2 Å². The second-order valence-corrected chi connectivity index (χ2v) is 9.79. The van der Waals surface area contributed by atoms with Gasteiger partial charge in [-0.3, -0.25) is 14.5 Å². The molecule has 1 aromatic heterocycles. The van der Waals surface area contributed by atoms with Crippen LogP contribution in [0.5, 0.6) is 17.2 Å². The third-order valence-corrected chi connectivity index (χ3v) is 6.64. The lowest BCUT2D eigenvalue weighted by atomic mass is 10.2. The van der Waals surface area contributed by atoms with Crippen molar-refractivity contribution in [2.75, 3.05) is 4.72 Å². The Morgan fingerprint density at radius 1 is 1.06 bits per heavy atom. The number of phenols is 1. The second-order valence-electron chi connectivity index (χ2n) is 7.26. The van der Waals surface area contributed by atoms with E-state index in [0.29, 0.717) is 16.3 Å². The Bertz CT molecular complexity index is 1630. The van der Waals surface area contributed by atoms with Gasteiger partial charge < -0.3 is 9.84 Å². The van der Waals surface area contributed by atoms with Gasteiger partial charge in [-0.25, -0.2) is 13.2 Å². The van der Waals surface area contributed by atoms with Crippen molar-refractivity contribution in [1.82, 2.24) is 14.8 Å². The van der Waals surface area contributed by atoms with E-state index in [2.05, 4.69) is 14.8 Å². The number of aryl methyl sites for hydroxylation is 1. The largest absolute Gasteiger partial charge is 0.506 e. The molecule has 0 amide bonds. The van der Waals surface area contributed by atoms with Crippen LogP contribution in [-0.2, 0) is 10.0 Å². The number of aromatic hydroxyl groups is 1. The molecule has 13 heteroatoms. The highest BCUT2D eigenvalue weighted by Gasteiger charge is 2.18. The Kier molecular flexibility index (Phi) is 6.57. The number of benzene rings is 3. The average molecular weight is 535 g/mol. The van der Waals surface area contributed by atoms with Crippen LogP contribution >= 0.6 is 23.2 Å². The lowest BCUT2D eigenvalue weighted by Gasteiger charge is -2.15. The third kappa shape index (κ3) is 5.32. The van der Waals surface area contributed by atoms with Crippen molar-refractivity contribution in [2.45, 2.75) is 11.8 Å². The van der Waals surface area contributed by atoms with Crippen molar-refractivity contribution >= 4 is 38.9 Å². The van der Waals surface area contributed by atoms with Gasteiger partial charge in [-0.15, -0.1) is 0 Å². The first-order valence-electron chi connectivity index (χ1n) is 9.82. The summed E-state index contributed by atoms with van der Waals surface area (Å²) in [6.45, 7) is 1.67. The molecule has 0 spiro atoms. The molecule has 0 fully saturated rings. The minimum absolute atomic E-state index is 0.0480. The molecule has 0 radical (unpaired) electrons. The highest BCUT2D eigenvalue weighted by molar-refractivity contribution is 7.92. The molecule has 3 N–H and O–H groups in total. The predicted octanol–water partition coefficient (Wildman–Crippen LogP) is 3.83. The zero-order valence-electron chi connectivity index (χ0n) is 17.8. The number of aromatic amines is 1. The standard InChI is InChI=1S/C22H16Cl2N4O6S/c1-12-8-14(28-22(31)26-20(30)11-25-28)9-17(24)21(12)34-15-4-7-19(29)18(10-15)27-35(32,33)16-5-2-13(23)3-6-16/h2-11,27,29H,1H3,(H,26,30,31). The van der Waals surface area contributed by atoms with Crippen molar-refractivity contribution in [3.63, 3.8) is 0 Å². The number of phenolic OH excluding ortho intramolecular Hbond substituents is 1. The quantitative estimate of drug-likeness (QED) is 0.319. The Hall–Kier alpha value is -3.80. The van der Waals surface area contributed by atoms with Gasteiger partial charge in [0.15, 0.2) is 0 Å².